The van der Waals surface area contributed by atoms with Gasteiger partial charge in [-0.25, -0.2) is 4.68 Å². The molecule has 1 amide bonds. The van der Waals surface area contributed by atoms with Crippen LogP contribution in [0.2, 0.25) is 0 Å². The molecule has 2 aromatic carbocycles. The standard InChI is InChI=1S/C23H21N3OS2/c27-23(21-10-4-5-11-22(21)29-17-20-9-6-14-28-20)24-13-12-18-15-25-26(16-18)19-7-2-1-3-8-19/h1-11,14-16H,12-13,17H2,(H,24,27). The minimum Gasteiger partial charge on any atom is -0.352 e. The van der Waals surface area contributed by atoms with Crippen LogP contribution >= 0.6 is 23.1 Å². The number of amides is 1. The molecule has 6 heteroatoms. The number of carbonyl (C=O) groups excluding carboxylic acids is 1. The number of benzene rings is 2. The molecule has 2 aromatic heterocycles. The summed E-state index contributed by atoms with van der Waals surface area (Å²) in [4.78, 5) is 15.0. The van der Waals surface area contributed by atoms with Gasteiger partial charge in [0.15, 0.2) is 0 Å². The smallest absolute Gasteiger partial charge is 0.252 e. The second-order valence-corrected chi connectivity index (χ2v) is 8.55. The van der Waals surface area contributed by atoms with Crippen molar-refractivity contribution in [1.29, 1.82) is 0 Å². The van der Waals surface area contributed by atoms with Crippen LogP contribution in [0, 0.1) is 0 Å². The van der Waals surface area contributed by atoms with Crippen molar-refractivity contribution in [3.05, 3.63) is 101 Å². The van der Waals surface area contributed by atoms with Crippen LogP contribution in [0.15, 0.2) is 89.4 Å². The fraction of sp³-hybridized carbons (Fsp3) is 0.130. The lowest BCUT2D eigenvalue weighted by Crippen LogP contribution is -2.26. The van der Waals surface area contributed by atoms with Gasteiger partial charge in [-0.05, 0) is 47.7 Å². The molecule has 0 saturated carbocycles. The van der Waals surface area contributed by atoms with E-state index in [4.69, 9.17) is 0 Å². The molecule has 0 fully saturated rings. The Bertz CT molecular complexity index is 1060. The minimum atomic E-state index is -0.0327. The van der Waals surface area contributed by atoms with Crippen LogP contribution in [0.25, 0.3) is 5.69 Å². The van der Waals surface area contributed by atoms with E-state index in [0.29, 0.717) is 6.54 Å². The number of nitrogens with zero attached hydrogens (tertiary/aromatic N) is 2. The number of para-hydroxylation sites is 1. The molecule has 29 heavy (non-hydrogen) atoms. The number of aromatic nitrogens is 2. The predicted octanol–water partition coefficient (Wildman–Crippen LogP) is 5.20. The summed E-state index contributed by atoms with van der Waals surface area (Å²) >= 11 is 3.44. The van der Waals surface area contributed by atoms with Crippen molar-refractivity contribution in [2.24, 2.45) is 0 Å². The van der Waals surface area contributed by atoms with E-state index in [9.17, 15) is 4.79 Å². The first-order chi connectivity index (χ1) is 14.3. The highest BCUT2D eigenvalue weighted by atomic mass is 32.2. The van der Waals surface area contributed by atoms with Gasteiger partial charge < -0.3 is 5.32 Å². The molecular formula is C23H21N3OS2. The Morgan fingerprint density at radius 2 is 1.86 bits per heavy atom. The molecule has 0 saturated heterocycles. The van der Waals surface area contributed by atoms with Gasteiger partial charge in [0, 0.05) is 28.3 Å². The third-order valence-corrected chi connectivity index (χ3v) is 6.62. The number of hydrogen-bond acceptors (Lipinski definition) is 4. The fourth-order valence-corrected chi connectivity index (χ4v) is 4.77. The number of carbonyl (C=O) groups is 1. The molecule has 0 unspecified atom stereocenters. The normalized spacial score (nSPS) is 10.8. The van der Waals surface area contributed by atoms with E-state index in [2.05, 4.69) is 27.9 Å². The second-order valence-electron chi connectivity index (χ2n) is 6.50. The molecule has 0 aliphatic carbocycles. The zero-order valence-corrected chi connectivity index (χ0v) is 17.5. The van der Waals surface area contributed by atoms with Crippen LogP contribution in [0.1, 0.15) is 20.8 Å². The average molecular weight is 420 g/mol. The zero-order chi connectivity index (χ0) is 19.9. The van der Waals surface area contributed by atoms with Crippen molar-refractivity contribution in [3.63, 3.8) is 0 Å². The lowest BCUT2D eigenvalue weighted by molar-refractivity contribution is 0.0951. The summed E-state index contributed by atoms with van der Waals surface area (Å²) in [6, 6.07) is 22.0. The summed E-state index contributed by atoms with van der Waals surface area (Å²) in [6.07, 6.45) is 4.60. The van der Waals surface area contributed by atoms with Crippen LogP contribution in [-0.2, 0) is 12.2 Å². The molecule has 0 aliphatic heterocycles. The molecular weight excluding hydrogens is 398 g/mol. The van der Waals surface area contributed by atoms with Gasteiger partial charge in [0.2, 0.25) is 0 Å². The van der Waals surface area contributed by atoms with Gasteiger partial charge in [-0.15, -0.1) is 23.1 Å². The molecule has 4 rings (SSSR count). The maximum absolute atomic E-state index is 12.7. The molecule has 1 N–H and O–H groups in total. The van der Waals surface area contributed by atoms with Crippen molar-refractivity contribution >= 4 is 29.0 Å². The lowest BCUT2D eigenvalue weighted by Gasteiger charge is -2.09. The Morgan fingerprint density at radius 3 is 2.69 bits per heavy atom. The van der Waals surface area contributed by atoms with Crippen molar-refractivity contribution in [2.45, 2.75) is 17.1 Å². The molecule has 4 nitrogen and oxygen atoms in total. The van der Waals surface area contributed by atoms with Gasteiger partial charge in [0.25, 0.3) is 5.91 Å². The van der Waals surface area contributed by atoms with Crippen LogP contribution in [0.3, 0.4) is 0 Å². The minimum absolute atomic E-state index is 0.0327. The molecule has 0 radical (unpaired) electrons. The third-order valence-electron chi connectivity index (χ3n) is 4.44. The van der Waals surface area contributed by atoms with E-state index in [1.807, 2.05) is 71.7 Å². The van der Waals surface area contributed by atoms with Gasteiger partial charge >= 0.3 is 0 Å². The molecule has 146 valence electrons. The third kappa shape index (κ3) is 5.16. The number of nitrogens with one attached hydrogen (secondary N) is 1. The van der Waals surface area contributed by atoms with E-state index < -0.39 is 0 Å². The van der Waals surface area contributed by atoms with Gasteiger partial charge in [0.1, 0.15) is 0 Å². The Morgan fingerprint density at radius 1 is 1.03 bits per heavy atom. The van der Waals surface area contributed by atoms with Crippen molar-refractivity contribution in [1.82, 2.24) is 15.1 Å². The highest BCUT2D eigenvalue weighted by molar-refractivity contribution is 7.98. The zero-order valence-electron chi connectivity index (χ0n) is 15.8. The SMILES string of the molecule is O=C(NCCc1cnn(-c2ccccc2)c1)c1ccccc1SCc1cccs1. The maximum atomic E-state index is 12.7. The lowest BCUT2D eigenvalue weighted by atomic mass is 10.2. The van der Waals surface area contributed by atoms with Gasteiger partial charge in [-0.3, -0.25) is 4.79 Å². The van der Waals surface area contributed by atoms with Crippen LogP contribution in [-0.4, -0.2) is 22.2 Å². The predicted molar refractivity (Wildman–Crippen MR) is 120 cm³/mol. The molecule has 2 heterocycles. The first kappa shape index (κ1) is 19.5. The number of rotatable bonds is 8. The largest absolute Gasteiger partial charge is 0.352 e. The molecule has 0 spiro atoms. The van der Waals surface area contributed by atoms with Gasteiger partial charge in [0.05, 0.1) is 17.4 Å². The Labute approximate surface area is 178 Å². The number of hydrogen-bond donors (Lipinski definition) is 1. The Hall–Kier alpha value is -2.83. The molecule has 0 aliphatic rings. The van der Waals surface area contributed by atoms with Gasteiger partial charge in [-0.2, -0.15) is 5.10 Å². The second kappa shape index (κ2) is 9.58. The fourth-order valence-electron chi connectivity index (χ4n) is 2.95. The van der Waals surface area contributed by atoms with Crippen LogP contribution in [0.5, 0.6) is 0 Å². The summed E-state index contributed by atoms with van der Waals surface area (Å²) in [5.41, 5.74) is 2.85. The first-order valence-electron chi connectivity index (χ1n) is 9.41. The monoisotopic (exact) mass is 419 g/mol. The molecule has 4 aromatic rings. The van der Waals surface area contributed by atoms with E-state index in [-0.39, 0.29) is 5.91 Å². The highest BCUT2D eigenvalue weighted by Gasteiger charge is 2.11. The maximum Gasteiger partial charge on any atom is 0.252 e. The summed E-state index contributed by atoms with van der Waals surface area (Å²) in [7, 11) is 0. The van der Waals surface area contributed by atoms with Gasteiger partial charge in [-0.1, -0.05) is 36.4 Å². The summed E-state index contributed by atoms with van der Waals surface area (Å²) in [6.45, 7) is 0.573. The summed E-state index contributed by atoms with van der Waals surface area (Å²) < 4.78 is 1.85. The summed E-state index contributed by atoms with van der Waals surface area (Å²) in [5.74, 6) is 0.843. The van der Waals surface area contributed by atoms with Crippen LogP contribution in [0.4, 0.5) is 0 Å². The van der Waals surface area contributed by atoms with Crippen molar-refractivity contribution in [3.8, 4) is 5.69 Å². The van der Waals surface area contributed by atoms with E-state index in [0.717, 1.165) is 33.9 Å². The quantitative estimate of drug-likeness (QED) is 0.399. The average Bonchev–Trinajstić information content (AvgIpc) is 3.45. The Balaban J connectivity index is 1.33. The highest BCUT2D eigenvalue weighted by Crippen LogP contribution is 2.27. The molecule has 0 atom stereocenters. The van der Waals surface area contributed by atoms with Crippen molar-refractivity contribution in [2.75, 3.05) is 6.54 Å². The number of thioether (sulfide) groups is 1. The van der Waals surface area contributed by atoms with Crippen molar-refractivity contribution < 1.29 is 4.79 Å². The topological polar surface area (TPSA) is 46.9 Å². The van der Waals surface area contributed by atoms with E-state index in [1.54, 1.807) is 23.1 Å². The molecule has 0 bridgehead atoms. The first-order valence-corrected chi connectivity index (χ1v) is 11.3. The summed E-state index contributed by atoms with van der Waals surface area (Å²) in [5, 5.41) is 9.53. The van der Waals surface area contributed by atoms with E-state index in [1.165, 1.54) is 4.88 Å². The number of thiophene rings is 1. The van der Waals surface area contributed by atoms with E-state index >= 15 is 0 Å². The van der Waals surface area contributed by atoms with Crippen LogP contribution < -0.4 is 5.32 Å². The Kier molecular flexibility index (Phi) is 6.44.